The fraction of sp³-hybridized carbons (Fsp3) is 0.462. The Kier molecular flexibility index (Phi) is 4.29. The first-order valence-corrected chi connectivity index (χ1v) is 5.62. The van der Waals surface area contributed by atoms with Crippen molar-refractivity contribution in [2.45, 2.75) is 26.4 Å². The molecule has 18 heavy (non-hydrogen) atoms. The third kappa shape index (κ3) is 3.43. The highest BCUT2D eigenvalue weighted by Gasteiger charge is 2.26. The zero-order chi connectivity index (χ0) is 13.9. The molecule has 0 fully saturated rings. The van der Waals surface area contributed by atoms with Crippen molar-refractivity contribution in [1.29, 1.82) is 0 Å². The molecule has 0 amide bonds. The second-order valence-corrected chi connectivity index (χ2v) is 4.75. The molecule has 0 aromatic heterocycles. The first-order chi connectivity index (χ1) is 8.24. The highest BCUT2D eigenvalue weighted by atomic mass is 19.1. The molecule has 1 atom stereocenters. The van der Waals surface area contributed by atoms with Crippen LogP contribution in [-0.2, 0) is 0 Å². The Morgan fingerprint density at radius 1 is 1.50 bits per heavy atom. The number of carboxylic acids is 1. The van der Waals surface area contributed by atoms with E-state index in [2.05, 4.69) is 0 Å². The summed E-state index contributed by atoms with van der Waals surface area (Å²) < 4.78 is 18.3. The summed E-state index contributed by atoms with van der Waals surface area (Å²) in [4.78, 5) is 10.9. The van der Waals surface area contributed by atoms with E-state index in [1.54, 1.807) is 6.92 Å². The van der Waals surface area contributed by atoms with Gasteiger partial charge in [-0.3, -0.25) is 0 Å². The highest BCUT2D eigenvalue weighted by molar-refractivity contribution is 5.90. The summed E-state index contributed by atoms with van der Waals surface area (Å²) in [7, 11) is 0. The van der Waals surface area contributed by atoms with Gasteiger partial charge >= 0.3 is 5.97 Å². The number of carbonyl (C=O) groups is 1. The van der Waals surface area contributed by atoms with Crippen molar-refractivity contribution in [2.75, 3.05) is 6.61 Å². The Bertz CT molecular complexity index is 441. The third-order valence-corrected chi connectivity index (χ3v) is 2.94. The van der Waals surface area contributed by atoms with Crippen LogP contribution in [0, 0.1) is 11.7 Å². The summed E-state index contributed by atoms with van der Waals surface area (Å²) in [5.74, 6) is -1.93. The Morgan fingerprint density at radius 2 is 2.11 bits per heavy atom. The molecule has 100 valence electrons. The van der Waals surface area contributed by atoms with Crippen molar-refractivity contribution in [3.63, 3.8) is 0 Å². The van der Waals surface area contributed by atoms with E-state index >= 15 is 0 Å². The molecule has 4 nitrogen and oxygen atoms in total. The molecule has 0 aliphatic rings. The molecular weight excluding hydrogens is 239 g/mol. The van der Waals surface area contributed by atoms with Crippen LogP contribution in [0.3, 0.4) is 0 Å². The number of aliphatic hydroxyl groups is 1. The summed E-state index contributed by atoms with van der Waals surface area (Å²) in [6.07, 6.45) is 0. The van der Waals surface area contributed by atoms with Crippen LogP contribution >= 0.6 is 0 Å². The number of hydrogen-bond donors (Lipinski definition) is 2. The van der Waals surface area contributed by atoms with Gasteiger partial charge in [0.2, 0.25) is 0 Å². The van der Waals surface area contributed by atoms with E-state index in [4.69, 9.17) is 9.84 Å². The summed E-state index contributed by atoms with van der Waals surface area (Å²) in [5, 5.41) is 18.9. The Balaban J connectivity index is 2.90. The van der Waals surface area contributed by atoms with E-state index in [1.165, 1.54) is 0 Å². The second kappa shape index (κ2) is 5.35. The normalized spacial score (nSPS) is 14.3. The first kappa shape index (κ1) is 14.4. The molecule has 1 unspecified atom stereocenters. The fourth-order valence-electron chi connectivity index (χ4n) is 1.18. The molecule has 0 spiro atoms. The Hall–Kier alpha value is -1.62. The largest absolute Gasteiger partial charge is 0.490 e. The molecule has 0 heterocycles. The molecule has 0 radical (unpaired) electrons. The Labute approximate surface area is 105 Å². The topological polar surface area (TPSA) is 66.8 Å². The van der Waals surface area contributed by atoms with Crippen LogP contribution in [0.25, 0.3) is 0 Å². The van der Waals surface area contributed by atoms with Gasteiger partial charge in [0.05, 0.1) is 5.60 Å². The van der Waals surface area contributed by atoms with Gasteiger partial charge in [0.1, 0.15) is 23.7 Å². The van der Waals surface area contributed by atoms with Gasteiger partial charge in [-0.2, -0.15) is 0 Å². The lowest BCUT2D eigenvalue weighted by atomic mass is 9.94. The van der Waals surface area contributed by atoms with Gasteiger partial charge in [0.25, 0.3) is 0 Å². The van der Waals surface area contributed by atoms with Crippen molar-refractivity contribution in [3.8, 4) is 5.75 Å². The predicted octanol–water partition coefficient (Wildman–Crippen LogP) is 2.31. The number of ether oxygens (including phenoxy) is 1. The van der Waals surface area contributed by atoms with E-state index in [9.17, 15) is 14.3 Å². The highest BCUT2D eigenvalue weighted by Crippen LogP contribution is 2.23. The minimum absolute atomic E-state index is 0.0701. The molecule has 0 saturated carbocycles. The van der Waals surface area contributed by atoms with Gasteiger partial charge < -0.3 is 14.9 Å². The number of halogens is 1. The van der Waals surface area contributed by atoms with Crippen molar-refractivity contribution in [2.24, 2.45) is 5.92 Å². The maximum absolute atomic E-state index is 13.1. The molecular formula is C13H17FO4. The average Bonchev–Trinajstić information content (AvgIpc) is 2.26. The summed E-state index contributed by atoms with van der Waals surface area (Å²) in [6.45, 7) is 5.10. The molecule has 0 aliphatic heterocycles. The minimum Gasteiger partial charge on any atom is -0.490 e. The second-order valence-electron chi connectivity index (χ2n) is 4.75. The van der Waals surface area contributed by atoms with Crippen molar-refractivity contribution in [1.82, 2.24) is 0 Å². The number of benzene rings is 1. The predicted molar refractivity (Wildman–Crippen MR) is 64.3 cm³/mol. The van der Waals surface area contributed by atoms with Gasteiger partial charge in [0, 0.05) is 6.07 Å². The van der Waals surface area contributed by atoms with E-state index in [0.29, 0.717) is 0 Å². The lowest BCUT2D eigenvalue weighted by Gasteiger charge is -2.27. The minimum atomic E-state index is -1.20. The lowest BCUT2D eigenvalue weighted by Crippen LogP contribution is -2.38. The summed E-state index contributed by atoms with van der Waals surface area (Å²) in [5.41, 5.74) is -1.24. The average molecular weight is 256 g/mol. The maximum Gasteiger partial charge on any atom is 0.339 e. The number of hydrogen-bond acceptors (Lipinski definition) is 3. The first-order valence-electron chi connectivity index (χ1n) is 5.62. The SMILES string of the molecule is CC(C)C(C)(O)COc1cc(F)ccc1C(=O)O. The molecule has 5 heteroatoms. The number of rotatable bonds is 5. The quantitative estimate of drug-likeness (QED) is 0.848. The van der Waals surface area contributed by atoms with Crippen molar-refractivity contribution in [3.05, 3.63) is 29.6 Å². The standard InChI is InChI=1S/C13H17FO4/c1-8(2)13(3,17)7-18-11-6-9(14)4-5-10(11)12(15)16/h4-6,8,17H,7H2,1-3H3,(H,15,16). The number of carboxylic acid groups (broad SMARTS) is 1. The smallest absolute Gasteiger partial charge is 0.339 e. The molecule has 1 aromatic rings. The van der Waals surface area contributed by atoms with Crippen LogP contribution in [0.4, 0.5) is 4.39 Å². The monoisotopic (exact) mass is 256 g/mol. The molecule has 1 rings (SSSR count). The molecule has 2 N–H and O–H groups in total. The van der Waals surface area contributed by atoms with Crippen LogP contribution in [0.5, 0.6) is 5.75 Å². The van der Waals surface area contributed by atoms with E-state index in [-0.39, 0.29) is 23.8 Å². The van der Waals surface area contributed by atoms with Crippen LogP contribution in [0.15, 0.2) is 18.2 Å². The van der Waals surface area contributed by atoms with Crippen LogP contribution in [0.1, 0.15) is 31.1 Å². The van der Waals surface area contributed by atoms with E-state index in [1.807, 2.05) is 13.8 Å². The zero-order valence-electron chi connectivity index (χ0n) is 10.6. The summed E-state index contributed by atoms with van der Waals surface area (Å²) in [6, 6.07) is 3.19. The van der Waals surface area contributed by atoms with Gasteiger partial charge in [-0.25, -0.2) is 9.18 Å². The van der Waals surface area contributed by atoms with E-state index < -0.39 is 17.4 Å². The Morgan fingerprint density at radius 3 is 2.61 bits per heavy atom. The maximum atomic E-state index is 13.1. The molecule has 0 saturated heterocycles. The lowest BCUT2D eigenvalue weighted by molar-refractivity contribution is -0.0270. The molecule has 1 aromatic carbocycles. The summed E-state index contributed by atoms with van der Waals surface area (Å²) >= 11 is 0. The van der Waals surface area contributed by atoms with Gasteiger partial charge in [0.15, 0.2) is 0 Å². The fourth-order valence-corrected chi connectivity index (χ4v) is 1.18. The van der Waals surface area contributed by atoms with Crippen molar-refractivity contribution >= 4 is 5.97 Å². The van der Waals surface area contributed by atoms with E-state index in [0.717, 1.165) is 18.2 Å². The van der Waals surface area contributed by atoms with Gasteiger partial charge in [-0.15, -0.1) is 0 Å². The zero-order valence-corrected chi connectivity index (χ0v) is 10.6. The molecule has 0 aliphatic carbocycles. The molecule has 0 bridgehead atoms. The van der Waals surface area contributed by atoms with Crippen LogP contribution in [-0.4, -0.2) is 28.4 Å². The number of aromatic carboxylic acids is 1. The van der Waals surface area contributed by atoms with Crippen LogP contribution in [0.2, 0.25) is 0 Å². The van der Waals surface area contributed by atoms with Gasteiger partial charge in [-0.05, 0) is 25.0 Å². The van der Waals surface area contributed by atoms with Gasteiger partial charge in [-0.1, -0.05) is 13.8 Å². The third-order valence-electron chi connectivity index (χ3n) is 2.94. The van der Waals surface area contributed by atoms with Crippen LogP contribution < -0.4 is 4.74 Å². The van der Waals surface area contributed by atoms with Crippen molar-refractivity contribution < 1.29 is 24.1 Å².